The van der Waals surface area contributed by atoms with E-state index in [4.69, 9.17) is 5.73 Å². The molecule has 2 N–H and O–H groups in total. The first kappa shape index (κ1) is 9.99. The summed E-state index contributed by atoms with van der Waals surface area (Å²) in [5.74, 6) is 3.00. The van der Waals surface area contributed by atoms with Gasteiger partial charge in [0.05, 0.1) is 0 Å². The van der Waals surface area contributed by atoms with Gasteiger partial charge in [0.15, 0.2) is 0 Å². The highest BCUT2D eigenvalue weighted by atomic mass is 32.2. The van der Waals surface area contributed by atoms with Crippen LogP contribution in [0.15, 0.2) is 24.3 Å². The molecule has 1 fully saturated rings. The van der Waals surface area contributed by atoms with E-state index in [2.05, 4.69) is 0 Å². The second-order valence-electron chi connectivity index (χ2n) is 3.69. The molecule has 0 bridgehead atoms. The quantitative estimate of drug-likeness (QED) is 0.812. The molecule has 0 aromatic heterocycles. The maximum absolute atomic E-state index is 13.0. The minimum Gasteiger partial charge on any atom is -0.330 e. The smallest absolute Gasteiger partial charge is 0.123 e. The van der Waals surface area contributed by atoms with Gasteiger partial charge < -0.3 is 5.73 Å². The van der Waals surface area contributed by atoms with E-state index in [1.807, 2.05) is 17.8 Å². The molecule has 2 unspecified atom stereocenters. The summed E-state index contributed by atoms with van der Waals surface area (Å²) in [6.45, 7) is 0.703. The number of benzene rings is 1. The lowest BCUT2D eigenvalue weighted by Gasteiger charge is -2.16. The average Bonchev–Trinajstić information content (AvgIpc) is 2.65. The van der Waals surface area contributed by atoms with Gasteiger partial charge in [-0.25, -0.2) is 4.39 Å². The molecule has 3 heteroatoms. The molecule has 1 aromatic rings. The van der Waals surface area contributed by atoms with E-state index < -0.39 is 0 Å². The van der Waals surface area contributed by atoms with E-state index in [0.29, 0.717) is 18.4 Å². The van der Waals surface area contributed by atoms with Crippen LogP contribution in [0.2, 0.25) is 0 Å². The maximum Gasteiger partial charge on any atom is 0.123 e. The minimum absolute atomic E-state index is 0.143. The van der Waals surface area contributed by atoms with Gasteiger partial charge in [-0.1, -0.05) is 12.1 Å². The van der Waals surface area contributed by atoms with Gasteiger partial charge in [-0.3, -0.25) is 0 Å². The lowest BCUT2D eigenvalue weighted by atomic mass is 9.89. The largest absolute Gasteiger partial charge is 0.330 e. The molecule has 1 saturated heterocycles. The second kappa shape index (κ2) is 4.32. The molecule has 1 aromatic carbocycles. The molecule has 0 spiro atoms. The topological polar surface area (TPSA) is 26.0 Å². The Morgan fingerprint density at radius 1 is 1.43 bits per heavy atom. The lowest BCUT2D eigenvalue weighted by molar-refractivity contribution is 0.529. The molecular formula is C11H14FNS. The highest BCUT2D eigenvalue weighted by Gasteiger charge is 2.27. The van der Waals surface area contributed by atoms with E-state index >= 15 is 0 Å². The van der Waals surface area contributed by atoms with E-state index in [0.717, 1.165) is 17.1 Å². The Bertz CT molecular complexity index is 316. The third-order valence-electron chi connectivity index (χ3n) is 2.78. The molecule has 2 atom stereocenters. The Balaban J connectivity index is 2.21. The van der Waals surface area contributed by atoms with Gasteiger partial charge in [0.25, 0.3) is 0 Å². The van der Waals surface area contributed by atoms with Crippen LogP contribution >= 0.6 is 11.8 Å². The fourth-order valence-corrected chi connectivity index (χ4v) is 3.46. The molecule has 0 saturated carbocycles. The third kappa shape index (κ3) is 1.93. The van der Waals surface area contributed by atoms with Crippen molar-refractivity contribution in [2.24, 2.45) is 11.7 Å². The summed E-state index contributed by atoms with van der Waals surface area (Å²) in [6.07, 6.45) is 0. The van der Waals surface area contributed by atoms with Crippen LogP contribution in [0.4, 0.5) is 4.39 Å². The number of hydrogen-bond acceptors (Lipinski definition) is 2. The molecule has 0 amide bonds. The molecule has 0 radical (unpaired) electrons. The summed E-state index contributed by atoms with van der Waals surface area (Å²) >= 11 is 1.91. The normalized spacial score (nSPS) is 26.7. The van der Waals surface area contributed by atoms with Crippen molar-refractivity contribution in [3.63, 3.8) is 0 Å². The van der Waals surface area contributed by atoms with Gasteiger partial charge in [0.1, 0.15) is 5.82 Å². The van der Waals surface area contributed by atoms with Crippen molar-refractivity contribution in [2.45, 2.75) is 5.92 Å². The summed E-state index contributed by atoms with van der Waals surface area (Å²) in [5.41, 5.74) is 6.79. The van der Waals surface area contributed by atoms with Crippen LogP contribution < -0.4 is 5.73 Å². The lowest BCUT2D eigenvalue weighted by Crippen LogP contribution is -2.20. The Morgan fingerprint density at radius 2 is 2.29 bits per heavy atom. The predicted molar refractivity (Wildman–Crippen MR) is 59.0 cm³/mol. The van der Waals surface area contributed by atoms with Crippen LogP contribution in [0, 0.1) is 11.7 Å². The van der Waals surface area contributed by atoms with Crippen molar-refractivity contribution in [3.05, 3.63) is 35.6 Å². The zero-order chi connectivity index (χ0) is 9.97. The zero-order valence-electron chi connectivity index (χ0n) is 7.95. The summed E-state index contributed by atoms with van der Waals surface area (Å²) < 4.78 is 13.0. The molecule has 0 aliphatic carbocycles. The maximum atomic E-state index is 13.0. The third-order valence-corrected chi connectivity index (χ3v) is 4.04. The summed E-state index contributed by atoms with van der Waals surface area (Å²) in [5, 5.41) is 0. The average molecular weight is 211 g/mol. The molecule has 1 aliphatic rings. The van der Waals surface area contributed by atoms with Crippen molar-refractivity contribution in [1.29, 1.82) is 0 Å². The van der Waals surface area contributed by atoms with Crippen LogP contribution in [0.1, 0.15) is 11.5 Å². The fourth-order valence-electron chi connectivity index (χ4n) is 1.94. The number of halogens is 1. The Kier molecular flexibility index (Phi) is 3.08. The van der Waals surface area contributed by atoms with Crippen LogP contribution in [0.5, 0.6) is 0 Å². The zero-order valence-corrected chi connectivity index (χ0v) is 8.77. The van der Waals surface area contributed by atoms with Crippen LogP contribution in [-0.2, 0) is 0 Å². The summed E-state index contributed by atoms with van der Waals surface area (Å²) in [6, 6.07) is 6.91. The molecule has 1 heterocycles. The second-order valence-corrected chi connectivity index (χ2v) is 4.77. The van der Waals surface area contributed by atoms with Gasteiger partial charge in [-0.2, -0.15) is 11.8 Å². The number of hydrogen-bond donors (Lipinski definition) is 1. The number of rotatable bonds is 2. The van der Waals surface area contributed by atoms with Gasteiger partial charge >= 0.3 is 0 Å². The molecular weight excluding hydrogens is 197 g/mol. The van der Waals surface area contributed by atoms with Crippen molar-refractivity contribution < 1.29 is 4.39 Å². The minimum atomic E-state index is -0.143. The molecule has 76 valence electrons. The van der Waals surface area contributed by atoms with E-state index in [1.165, 1.54) is 6.07 Å². The summed E-state index contributed by atoms with van der Waals surface area (Å²) in [7, 11) is 0. The van der Waals surface area contributed by atoms with Gasteiger partial charge in [0.2, 0.25) is 0 Å². The molecule has 2 rings (SSSR count). The van der Waals surface area contributed by atoms with Gasteiger partial charge in [-0.05, 0) is 41.8 Å². The molecule has 14 heavy (non-hydrogen) atoms. The predicted octanol–water partition coefficient (Wildman–Crippen LogP) is 2.23. The van der Waals surface area contributed by atoms with Gasteiger partial charge in [0, 0.05) is 5.75 Å². The summed E-state index contributed by atoms with van der Waals surface area (Å²) in [4.78, 5) is 0. The van der Waals surface area contributed by atoms with Crippen LogP contribution in [0.25, 0.3) is 0 Å². The first-order chi connectivity index (χ1) is 6.81. The van der Waals surface area contributed by atoms with Crippen LogP contribution in [0.3, 0.4) is 0 Å². The Hall–Kier alpha value is -0.540. The number of thioether (sulfide) groups is 1. The van der Waals surface area contributed by atoms with Gasteiger partial charge in [-0.15, -0.1) is 0 Å². The first-order valence-corrected chi connectivity index (χ1v) is 6.00. The monoisotopic (exact) mass is 211 g/mol. The van der Waals surface area contributed by atoms with Crippen molar-refractivity contribution in [1.82, 2.24) is 0 Å². The Labute approximate surface area is 87.9 Å². The Morgan fingerprint density at radius 3 is 3.00 bits per heavy atom. The molecule has 1 nitrogen and oxygen atoms in total. The van der Waals surface area contributed by atoms with E-state index in [1.54, 1.807) is 12.1 Å². The SMILES string of the molecule is NCC1CSCC1c1cccc(F)c1. The van der Waals surface area contributed by atoms with E-state index in [-0.39, 0.29) is 5.82 Å². The van der Waals surface area contributed by atoms with Crippen LogP contribution in [-0.4, -0.2) is 18.1 Å². The molecule has 1 aliphatic heterocycles. The highest BCUT2D eigenvalue weighted by molar-refractivity contribution is 7.99. The standard InChI is InChI=1S/C11H14FNS/c12-10-3-1-2-8(4-10)11-7-14-6-9(11)5-13/h1-4,9,11H,5-7,13H2. The highest BCUT2D eigenvalue weighted by Crippen LogP contribution is 2.36. The van der Waals surface area contributed by atoms with E-state index in [9.17, 15) is 4.39 Å². The number of nitrogens with two attached hydrogens (primary N) is 1. The first-order valence-electron chi connectivity index (χ1n) is 4.84. The van der Waals surface area contributed by atoms with Crippen molar-refractivity contribution in [3.8, 4) is 0 Å². The fraction of sp³-hybridized carbons (Fsp3) is 0.455. The van der Waals surface area contributed by atoms with Crippen molar-refractivity contribution >= 4 is 11.8 Å². The van der Waals surface area contributed by atoms with Crippen molar-refractivity contribution in [2.75, 3.05) is 18.1 Å².